The quantitative estimate of drug-likeness (QED) is 0.670. The number of thioether (sulfide) groups is 1. The van der Waals surface area contributed by atoms with E-state index in [1.54, 1.807) is 16.7 Å². The van der Waals surface area contributed by atoms with Gasteiger partial charge in [-0.05, 0) is 42.3 Å². The first-order valence-corrected chi connectivity index (χ1v) is 10.2. The van der Waals surface area contributed by atoms with Crippen LogP contribution in [0.25, 0.3) is 5.65 Å². The lowest BCUT2D eigenvalue weighted by Crippen LogP contribution is -2.29. The molecule has 1 aliphatic heterocycles. The summed E-state index contributed by atoms with van der Waals surface area (Å²) >= 11 is 1.67. The molecular formula is C21H21N3O3S. The first-order valence-electron chi connectivity index (χ1n) is 9.19. The highest BCUT2D eigenvalue weighted by molar-refractivity contribution is 7.98. The van der Waals surface area contributed by atoms with E-state index < -0.39 is 11.9 Å². The van der Waals surface area contributed by atoms with Gasteiger partial charge in [0.25, 0.3) is 5.91 Å². The van der Waals surface area contributed by atoms with Gasteiger partial charge in [-0.25, -0.2) is 4.98 Å². The molecule has 144 valence electrons. The van der Waals surface area contributed by atoms with Crippen LogP contribution < -0.4 is 0 Å². The number of pyridine rings is 1. The van der Waals surface area contributed by atoms with Gasteiger partial charge in [0, 0.05) is 41.7 Å². The maximum absolute atomic E-state index is 12.7. The van der Waals surface area contributed by atoms with Crippen molar-refractivity contribution in [3.63, 3.8) is 0 Å². The number of fused-ring (bicyclic) bond motifs is 1. The molecular weight excluding hydrogens is 374 g/mol. The molecule has 1 N–H and O–H groups in total. The van der Waals surface area contributed by atoms with Gasteiger partial charge in [0.05, 0.1) is 11.6 Å². The van der Waals surface area contributed by atoms with Crippen LogP contribution in [0, 0.1) is 11.8 Å². The lowest BCUT2D eigenvalue weighted by molar-refractivity contribution is -0.142. The molecule has 0 spiro atoms. The second-order valence-corrected chi connectivity index (χ2v) is 8.19. The number of imidazole rings is 1. The number of hydrogen-bond donors (Lipinski definition) is 1. The Kier molecular flexibility index (Phi) is 5.09. The molecule has 1 saturated heterocycles. The number of carboxylic acids is 1. The predicted octanol–water partition coefficient (Wildman–Crippen LogP) is 3.42. The van der Waals surface area contributed by atoms with Crippen molar-refractivity contribution >= 4 is 29.3 Å². The van der Waals surface area contributed by atoms with Crippen molar-refractivity contribution in [1.29, 1.82) is 0 Å². The van der Waals surface area contributed by atoms with Gasteiger partial charge in [0.2, 0.25) is 0 Å². The third-order valence-electron chi connectivity index (χ3n) is 5.12. The van der Waals surface area contributed by atoms with Crippen molar-refractivity contribution in [2.75, 3.05) is 13.1 Å². The Bertz CT molecular complexity index is 982. The summed E-state index contributed by atoms with van der Waals surface area (Å²) in [6.07, 6.45) is 4.00. The minimum Gasteiger partial charge on any atom is -0.481 e. The number of amides is 1. The average Bonchev–Trinajstić information content (AvgIpc) is 3.29. The zero-order valence-corrected chi connectivity index (χ0v) is 16.3. The molecule has 3 aromatic rings. The van der Waals surface area contributed by atoms with E-state index in [2.05, 4.69) is 4.98 Å². The Morgan fingerprint density at radius 3 is 2.64 bits per heavy atom. The number of likely N-dealkylation sites (tertiary alicyclic amines) is 1. The van der Waals surface area contributed by atoms with Gasteiger partial charge >= 0.3 is 5.97 Å². The Morgan fingerprint density at radius 2 is 1.96 bits per heavy atom. The van der Waals surface area contributed by atoms with Crippen LogP contribution in [0.3, 0.4) is 0 Å². The van der Waals surface area contributed by atoms with Gasteiger partial charge in [-0.1, -0.05) is 13.0 Å². The maximum atomic E-state index is 12.7. The SMILES string of the molecule is C[C@@H]1CN(C(=O)c2ccc(SCc3cn4ccccc4n3)cc2)C[C@H]1C(=O)O. The highest BCUT2D eigenvalue weighted by Crippen LogP contribution is 2.26. The number of carbonyl (C=O) groups excluding carboxylic acids is 1. The molecule has 1 amide bonds. The van der Waals surface area contributed by atoms with Gasteiger partial charge in [-0.15, -0.1) is 11.8 Å². The monoisotopic (exact) mass is 395 g/mol. The second kappa shape index (κ2) is 7.67. The van der Waals surface area contributed by atoms with Gasteiger partial charge in [-0.2, -0.15) is 0 Å². The van der Waals surface area contributed by atoms with E-state index in [1.807, 2.05) is 66.2 Å². The van der Waals surface area contributed by atoms with Crippen molar-refractivity contribution in [2.24, 2.45) is 11.8 Å². The number of benzene rings is 1. The number of carboxylic acid groups (broad SMARTS) is 1. The molecule has 28 heavy (non-hydrogen) atoms. The average molecular weight is 395 g/mol. The van der Waals surface area contributed by atoms with Gasteiger partial charge in [-0.3, -0.25) is 9.59 Å². The first kappa shape index (κ1) is 18.6. The molecule has 1 fully saturated rings. The summed E-state index contributed by atoms with van der Waals surface area (Å²) in [6.45, 7) is 2.64. The summed E-state index contributed by atoms with van der Waals surface area (Å²) in [5, 5.41) is 9.24. The minimum absolute atomic E-state index is 0.0262. The van der Waals surface area contributed by atoms with Crippen LogP contribution in [0.5, 0.6) is 0 Å². The molecule has 1 aliphatic rings. The van der Waals surface area contributed by atoms with Gasteiger partial charge in [0.1, 0.15) is 5.65 Å². The summed E-state index contributed by atoms with van der Waals surface area (Å²) in [4.78, 5) is 31.2. The molecule has 2 aromatic heterocycles. The zero-order valence-electron chi connectivity index (χ0n) is 15.5. The number of nitrogens with zero attached hydrogens (tertiary/aromatic N) is 3. The largest absolute Gasteiger partial charge is 0.481 e. The van der Waals surface area contributed by atoms with E-state index in [-0.39, 0.29) is 18.4 Å². The zero-order chi connectivity index (χ0) is 19.7. The topological polar surface area (TPSA) is 74.9 Å². The molecule has 7 heteroatoms. The molecule has 0 unspecified atom stereocenters. The summed E-state index contributed by atoms with van der Waals surface area (Å²) in [6, 6.07) is 13.4. The van der Waals surface area contributed by atoms with Crippen molar-refractivity contribution in [2.45, 2.75) is 17.6 Å². The van der Waals surface area contributed by atoms with Crippen LogP contribution in [-0.2, 0) is 10.5 Å². The first-order chi connectivity index (χ1) is 13.5. The van der Waals surface area contributed by atoms with Crippen LogP contribution in [0.2, 0.25) is 0 Å². The maximum Gasteiger partial charge on any atom is 0.308 e. The molecule has 4 rings (SSSR count). The summed E-state index contributed by atoms with van der Waals surface area (Å²) in [5.74, 6) is -0.696. The van der Waals surface area contributed by atoms with E-state index in [9.17, 15) is 14.7 Å². The summed E-state index contributed by atoms with van der Waals surface area (Å²) < 4.78 is 2.00. The number of rotatable bonds is 5. The molecule has 0 bridgehead atoms. The standard InChI is InChI=1S/C21H21N3O3S/c1-14-10-24(12-18(14)21(26)27)20(25)15-5-7-17(8-6-15)28-13-16-11-23-9-3-2-4-19(23)22-16/h2-9,11,14,18H,10,12-13H2,1H3,(H,26,27)/t14-,18-/m1/s1. The second-order valence-electron chi connectivity index (χ2n) is 7.14. The van der Waals surface area contributed by atoms with E-state index >= 15 is 0 Å². The van der Waals surface area contributed by atoms with E-state index in [4.69, 9.17) is 0 Å². The number of aliphatic carboxylic acids is 1. The lowest BCUT2D eigenvalue weighted by Gasteiger charge is -2.16. The Labute approximate surface area is 167 Å². The van der Waals surface area contributed by atoms with Crippen molar-refractivity contribution in [1.82, 2.24) is 14.3 Å². The van der Waals surface area contributed by atoms with Crippen LogP contribution >= 0.6 is 11.8 Å². The third kappa shape index (κ3) is 3.75. The fourth-order valence-corrected chi connectivity index (χ4v) is 4.33. The minimum atomic E-state index is -0.832. The highest BCUT2D eigenvalue weighted by Gasteiger charge is 2.37. The Hall–Kier alpha value is -2.80. The third-order valence-corrected chi connectivity index (χ3v) is 6.16. The summed E-state index contributed by atoms with van der Waals surface area (Å²) in [7, 11) is 0. The molecule has 0 radical (unpaired) electrons. The predicted molar refractivity (Wildman–Crippen MR) is 107 cm³/mol. The van der Waals surface area contributed by atoms with E-state index in [1.165, 1.54) is 0 Å². The molecule has 2 atom stereocenters. The van der Waals surface area contributed by atoms with E-state index in [0.29, 0.717) is 12.1 Å². The fourth-order valence-electron chi connectivity index (χ4n) is 3.54. The smallest absolute Gasteiger partial charge is 0.308 e. The number of aromatic nitrogens is 2. The molecule has 1 aromatic carbocycles. The van der Waals surface area contributed by atoms with Crippen molar-refractivity contribution in [3.8, 4) is 0 Å². The fraction of sp³-hybridized carbons (Fsp3) is 0.286. The van der Waals surface area contributed by atoms with Gasteiger partial charge < -0.3 is 14.4 Å². The lowest BCUT2D eigenvalue weighted by atomic mass is 9.99. The van der Waals surface area contributed by atoms with E-state index in [0.717, 1.165) is 22.0 Å². The highest BCUT2D eigenvalue weighted by atomic mass is 32.2. The van der Waals surface area contributed by atoms with Crippen molar-refractivity contribution in [3.05, 3.63) is 66.1 Å². The summed E-state index contributed by atoms with van der Waals surface area (Å²) in [5.41, 5.74) is 2.52. The van der Waals surface area contributed by atoms with Crippen molar-refractivity contribution < 1.29 is 14.7 Å². The number of hydrogen-bond acceptors (Lipinski definition) is 4. The molecule has 3 heterocycles. The Morgan fingerprint density at radius 1 is 1.18 bits per heavy atom. The van der Waals surface area contributed by atoms with Crippen LogP contribution in [0.1, 0.15) is 23.0 Å². The molecule has 6 nitrogen and oxygen atoms in total. The van der Waals surface area contributed by atoms with Crippen LogP contribution in [0.15, 0.2) is 59.8 Å². The Balaban J connectivity index is 1.38. The normalized spacial score (nSPS) is 19.2. The van der Waals surface area contributed by atoms with Crippen LogP contribution in [0.4, 0.5) is 0 Å². The molecule has 0 saturated carbocycles. The molecule has 0 aliphatic carbocycles. The number of carbonyl (C=O) groups is 2. The van der Waals surface area contributed by atoms with Gasteiger partial charge in [0.15, 0.2) is 0 Å². The van der Waals surface area contributed by atoms with Crippen LogP contribution in [-0.4, -0.2) is 44.4 Å².